The quantitative estimate of drug-likeness (QED) is 0.123. The molecule has 9 heteroatoms. The maximum Gasteiger partial charge on any atom is 0.363 e. The molecule has 0 spiro atoms. The molecular formula is C25H19IN2O6. The predicted molar refractivity (Wildman–Crippen MR) is 135 cm³/mol. The van der Waals surface area contributed by atoms with Gasteiger partial charge in [0.2, 0.25) is 5.90 Å². The fourth-order valence-corrected chi connectivity index (χ4v) is 3.97. The zero-order valence-corrected chi connectivity index (χ0v) is 20.4. The number of hydrogen-bond acceptors (Lipinski definition) is 7. The zero-order chi connectivity index (χ0) is 24.2. The molecule has 1 heterocycles. The van der Waals surface area contributed by atoms with Crippen molar-refractivity contribution in [3.8, 4) is 11.5 Å². The Morgan fingerprint density at radius 1 is 1.12 bits per heavy atom. The average Bonchev–Trinajstić information content (AvgIpc) is 3.18. The lowest BCUT2D eigenvalue weighted by atomic mass is 10.1. The molecular weight excluding hydrogens is 551 g/mol. The number of rotatable bonds is 7. The third kappa shape index (κ3) is 5.25. The molecule has 0 fully saturated rings. The monoisotopic (exact) mass is 570 g/mol. The van der Waals surface area contributed by atoms with Gasteiger partial charge in [0.25, 0.3) is 5.69 Å². The van der Waals surface area contributed by atoms with E-state index < -0.39 is 10.9 Å². The van der Waals surface area contributed by atoms with Crippen molar-refractivity contribution < 1.29 is 23.9 Å². The van der Waals surface area contributed by atoms with Crippen LogP contribution in [0.25, 0.3) is 6.08 Å². The van der Waals surface area contributed by atoms with E-state index in [-0.39, 0.29) is 17.3 Å². The lowest BCUT2D eigenvalue weighted by molar-refractivity contribution is -0.385. The SMILES string of the molecule is COc1cc(/C=C2\N=C(c3ccc([N+](=O)[O-])c(C)c3)OC2=O)ccc1OCc1cccc(I)c1. The number of halogens is 1. The number of nitrogens with zero attached hydrogens (tertiary/aromatic N) is 2. The molecule has 3 aromatic carbocycles. The van der Waals surface area contributed by atoms with E-state index >= 15 is 0 Å². The summed E-state index contributed by atoms with van der Waals surface area (Å²) >= 11 is 2.25. The molecule has 0 bridgehead atoms. The lowest BCUT2D eigenvalue weighted by Crippen LogP contribution is -2.06. The van der Waals surface area contributed by atoms with Gasteiger partial charge in [0.1, 0.15) is 6.61 Å². The Morgan fingerprint density at radius 2 is 1.94 bits per heavy atom. The normalized spacial score (nSPS) is 14.0. The number of benzene rings is 3. The highest BCUT2D eigenvalue weighted by Gasteiger charge is 2.25. The number of nitro benzene ring substituents is 1. The summed E-state index contributed by atoms with van der Waals surface area (Å²) in [5.41, 5.74) is 2.75. The number of aryl methyl sites for hydroxylation is 1. The Morgan fingerprint density at radius 3 is 2.65 bits per heavy atom. The van der Waals surface area contributed by atoms with Crippen molar-refractivity contribution in [2.45, 2.75) is 13.5 Å². The fraction of sp³-hybridized carbons (Fsp3) is 0.120. The molecule has 3 aromatic rings. The summed E-state index contributed by atoms with van der Waals surface area (Å²) in [6.07, 6.45) is 1.58. The van der Waals surface area contributed by atoms with Crippen LogP contribution in [0.3, 0.4) is 0 Å². The number of aliphatic imine (C=N–C) groups is 1. The Labute approximate surface area is 209 Å². The van der Waals surface area contributed by atoms with Crippen LogP contribution < -0.4 is 9.47 Å². The zero-order valence-electron chi connectivity index (χ0n) is 18.3. The van der Waals surface area contributed by atoms with Crippen molar-refractivity contribution in [3.05, 3.63) is 102 Å². The van der Waals surface area contributed by atoms with Crippen LogP contribution in [0.2, 0.25) is 0 Å². The molecule has 34 heavy (non-hydrogen) atoms. The molecule has 0 amide bonds. The highest BCUT2D eigenvalue weighted by molar-refractivity contribution is 14.1. The molecule has 0 saturated carbocycles. The molecule has 0 aliphatic carbocycles. The van der Waals surface area contributed by atoms with E-state index in [1.165, 1.54) is 12.1 Å². The van der Waals surface area contributed by atoms with Crippen molar-refractivity contribution in [1.29, 1.82) is 0 Å². The van der Waals surface area contributed by atoms with Crippen LogP contribution in [-0.4, -0.2) is 23.9 Å². The second-order valence-corrected chi connectivity index (χ2v) is 8.67. The van der Waals surface area contributed by atoms with Crippen molar-refractivity contribution in [1.82, 2.24) is 0 Å². The third-order valence-electron chi connectivity index (χ3n) is 5.04. The average molecular weight is 570 g/mol. The van der Waals surface area contributed by atoms with Crippen molar-refractivity contribution in [2.24, 2.45) is 4.99 Å². The lowest BCUT2D eigenvalue weighted by Gasteiger charge is -2.11. The second kappa shape index (κ2) is 10.0. The van der Waals surface area contributed by atoms with Crippen LogP contribution in [-0.2, 0) is 16.1 Å². The Bertz CT molecular complexity index is 1350. The summed E-state index contributed by atoms with van der Waals surface area (Å²) in [6, 6.07) is 17.7. The van der Waals surface area contributed by atoms with Crippen LogP contribution in [0.1, 0.15) is 22.3 Å². The van der Waals surface area contributed by atoms with Gasteiger partial charge in [-0.25, -0.2) is 9.79 Å². The summed E-state index contributed by atoms with van der Waals surface area (Å²) < 4.78 is 17.8. The largest absolute Gasteiger partial charge is 0.493 e. The molecule has 1 aliphatic rings. The van der Waals surface area contributed by atoms with E-state index in [4.69, 9.17) is 14.2 Å². The predicted octanol–water partition coefficient (Wildman–Crippen LogP) is 5.44. The van der Waals surface area contributed by atoms with Gasteiger partial charge in [-0.2, -0.15) is 0 Å². The topological polar surface area (TPSA) is 100 Å². The Balaban J connectivity index is 1.55. The molecule has 0 saturated heterocycles. The van der Waals surface area contributed by atoms with Crippen LogP contribution in [0, 0.1) is 20.6 Å². The van der Waals surface area contributed by atoms with E-state index in [1.54, 1.807) is 44.4 Å². The van der Waals surface area contributed by atoms with Gasteiger partial charge in [-0.05, 0) is 83.1 Å². The molecule has 172 valence electrons. The first-order valence-corrected chi connectivity index (χ1v) is 11.2. The van der Waals surface area contributed by atoms with Crippen LogP contribution in [0.5, 0.6) is 11.5 Å². The van der Waals surface area contributed by atoms with Gasteiger partial charge in [-0.15, -0.1) is 0 Å². The van der Waals surface area contributed by atoms with Crippen molar-refractivity contribution in [3.63, 3.8) is 0 Å². The Kier molecular flexibility index (Phi) is 6.92. The number of methoxy groups -OCH3 is 1. The highest BCUT2D eigenvalue weighted by Crippen LogP contribution is 2.31. The third-order valence-corrected chi connectivity index (χ3v) is 5.71. The van der Waals surface area contributed by atoms with Gasteiger partial charge < -0.3 is 14.2 Å². The molecule has 0 atom stereocenters. The summed E-state index contributed by atoms with van der Waals surface area (Å²) in [7, 11) is 1.54. The first-order chi connectivity index (χ1) is 16.3. The van der Waals surface area contributed by atoms with E-state index in [9.17, 15) is 14.9 Å². The maximum absolute atomic E-state index is 12.4. The van der Waals surface area contributed by atoms with Gasteiger partial charge in [-0.3, -0.25) is 10.1 Å². The van der Waals surface area contributed by atoms with Crippen molar-refractivity contribution >= 4 is 46.2 Å². The second-order valence-electron chi connectivity index (χ2n) is 7.42. The number of ether oxygens (including phenoxy) is 3. The number of cyclic esters (lactones) is 1. The van der Waals surface area contributed by atoms with E-state index in [1.807, 2.05) is 24.3 Å². The number of carbonyl (C=O) groups excluding carboxylic acids is 1. The minimum atomic E-state index is -0.607. The number of esters is 1. The summed E-state index contributed by atoms with van der Waals surface area (Å²) in [5, 5.41) is 11.0. The molecule has 0 unspecified atom stereocenters. The highest BCUT2D eigenvalue weighted by atomic mass is 127. The number of hydrogen-bond donors (Lipinski definition) is 0. The van der Waals surface area contributed by atoms with Gasteiger partial charge in [0.15, 0.2) is 17.2 Å². The fourth-order valence-electron chi connectivity index (χ4n) is 3.36. The maximum atomic E-state index is 12.4. The Hall–Kier alpha value is -3.73. The molecule has 0 N–H and O–H groups in total. The standard InChI is InChI=1S/C25H19IN2O6/c1-15-10-18(7-8-21(15)28(30)31)24-27-20(25(29)34-24)12-16-6-9-22(23(13-16)32-2)33-14-17-4-3-5-19(26)11-17/h3-13H,14H2,1-2H3/b20-12-. The van der Waals surface area contributed by atoms with E-state index in [0.717, 1.165) is 9.13 Å². The smallest absolute Gasteiger partial charge is 0.363 e. The van der Waals surface area contributed by atoms with Crippen LogP contribution >= 0.6 is 22.6 Å². The summed E-state index contributed by atoms with van der Waals surface area (Å²) in [4.78, 5) is 27.2. The van der Waals surface area contributed by atoms with E-state index in [2.05, 4.69) is 27.6 Å². The molecule has 0 radical (unpaired) electrons. The minimum absolute atomic E-state index is 0.0131. The first kappa shape index (κ1) is 23.4. The van der Waals surface area contributed by atoms with Gasteiger partial charge >= 0.3 is 5.97 Å². The minimum Gasteiger partial charge on any atom is -0.493 e. The van der Waals surface area contributed by atoms with E-state index in [0.29, 0.717) is 34.8 Å². The first-order valence-electron chi connectivity index (χ1n) is 10.2. The van der Waals surface area contributed by atoms with Crippen LogP contribution in [0.15, 0.2) is 71.4 Å². The van der Waals surface area contributed by atoms with Gasteiger partial charge in [-0.1, -0.05) is 18.2 Å². The molecule has 1 aliphatic heterocycles. The summed E-state index contributed by atoms with van der Waals surface area (Å²) in [5.74, 6) is 0.576. The molecule has 4 rings (SSSR count). The number of carbonyl (C=O) groups is 1. The van der Waals surface area contributed by atoms with Crippen molar-refractivity contribution in [2.75, 3.05) is 7.11 Å². The number of nitro groups is 1. The molecule has 0 aromatic heterocycles. The van der Waals surface area contributed by atoms with Gasteiger partial charge in [0.05, 0.1) is 12.0 Å². The van der Waals surface area contributed by atoms with Gasteiger partial charge in [0, 0.05) is 20.8 Å². The van der Waals surface area contributed by atoms with Crippen LogP contribution in [0.4, 0.5) is 5.69 Å². The molecule has 8 nitrogen and oxygen atoms in total. The summed E-state index contributed by atoms with van der Waals surface area (Å²) in [6.45, 7) is 2.01.